The Bertz CT molecular complexity index is 650. The number of aryl methyl sites for hydroxylation is 1. The Morgan fingerprint density at radius 3 is 2.52 bits per heavy atom. The van der Waals surface area contributed by atoms with Crippen LogP contribution in [-0.4, -0.2) is 29.2 Å². The summed E-state index contributed by atoms with van der Waals surface area (Å²) in [6.45, 7) is 9.04. The van der Waals surface area contributed by atoms with Gasteiger partial charge in [-0.1, -0.05) is 12.1 Å². The lowest BCUT2D eigenvalue weighted by Gasteiger charge is -2.21. The summed E-state index contributed by atoms with van der Waals surface area (Å²) in [5.74, 6) is 3.32. The molecule has 124 valence electrons. The zero-order chi connectivity index (χ0) is 16.9. The molecule has 1 aromatic carbocycles. The third-order valence-corrected chi connectivity index (χ3v) is 3.19. The van der Waals surface area contributed by atoms with Crippen molar-refractivity contribution in [3.63, 3.8) is 0 Å². The second-order valence-electron chi connectivity index (χ2n) is 6.59. The quantitative estimate of drug-likeness (QED) is 0.852. The molecule has 2 rings (SSSR count). The van der Waals surface area contributed by atoms with E-state index in [1.54, 1.807) is 7.11 Å². The van der Waals surface area contributed by atoms with Crippen molar-refractivity contribution in [1.82, 2.24) is 9.97 Å². The number of hydrogen-bond donors (Lipinski definition) is 2. The molecule has 1 aromatic heterocycles. The van der Waals surface area contributed by atoms with Crippen LogP contribution in [0, 0.1) is 6.92 Å². The fraction of sp³-hybridized carbons (Fsp3) is 0.444. The summed E-state index contributed by atoms with van der Waals surface area (Å²) in [6, 6.07) is 10.1. The first kappa shape index (κ1) is 17.1. The van der Waals surface area contributed by atoms with E-state index in [9.17, 15) is 0 Å². The Kier molecular flexibility index (Phi) is 5.42. The molecule has 0 bridgehead atoms. The van der Waals surface area contributed by atoms with Crippen LogP contribution in [0.2, 0.25) is 0 Å². The topological polar surface area (TPSA) is 59.1 Å². The minimum absolute atomic E-state index is 0.0291. The third kappa shape index (κ3) is 5.77. The Hall–Kier alpha value is -2.30. The number of rotatable bonds is 6. The predicted molar refractivity (Wildman–Crippen MR) is 95.3 cm³/mol. The van der Waals surface area contributed by atoms with E-state index in [1.807, 2.05) is 25.1 Å². The molecule has 0 amide bonds. The molecular weight excluding hydrogens is 288 g/mol. The monoisotopic (exact) mass is 314 g/mol. The SMILES string of the molecule is COc1cccc(CCNc2cc(NC(C)(C)C)nc(C)n2)c1. The van der Waals surface area contributed by atoms with Gasteiger partial charge in [0.2, 0.25) is 0 Å². The van der Waals surface area contributed by atoms with Crippen LogP contribution in [0.15, 0.2) is 30.3 Å². The number of aromatic nitrogens is 2. The number of methoxy groups -OCH3 is 1. The number of hydrogen-bond acceptors (Lipinski definition) is 5. The maximum Gasteiger partial charge on any atom is 0.132 e. The highest BCUT2D eigenvalue weighted by molar-refractivity contribution is 5.48. The van der Waals surface area contributed by atoms with Gasteiger partial charge in [0, 0.05) is 18.2 Å². The molecule has 0 aliphatic heterocycles. The summed E-state index contributed by atoms with van der Waals surface area (Å²) in [5.41, 5.74) is 1.20. The van der Waals surface area contributed by atoms with Gasteiger partial charge in [-0.05, 0) is 51.8 Å². The minimum atomic E-state index is -0.0291. The molecule has 1 heterocycles. The highest BCUT2D eigenvalue weighted by Crippen LogP contribution is 2.17. The van der Waals surface area contributed by atoms with Gasteiger partial charge in [-0.3, -0.25) is 0 Å². The summed E-state index contributed by atoms with van der Waals surface area (Å²) in [6.07, 6.45) is 0.905. The van der Waals surface area contributed by atoms with E-state index in [1.165, 1.54) is 5.56 Å². The standard InChI is InChI=1S/C18H26N4O/c1-13-20-16(12-17(21-13)22-18(2,3)4)19-10-9-14-7-6-8-15(11-14)23-5/h6-8,11-12H,9-10H2,1-5H3,(H2,19,20,21,22). The van der Waals surface area contributed by atoms with E-state index in [4.69, 9.17) is 4.74 Å². The van der Waals surface area contributed by atoms with Gasteiger partial charge >= 0.3 is 0 Å². The van der Waals surface area contributed by atoms with Crippen LogP contribution >= 0.6 is 0 Å². The van der Waals surface area contributed by atoms with Crippen molar-refractivity contribution in [3.05, 3.63) is 41.7 Å². The van der Waals surface area contributed by atoms with E-state index in [0.717, 1.165) is 36.2 Å². The van der Waals surface area contributed by atoms with Gasteiger partial charge in [0.15, 0.2) is 0 Å². The molecule has 5 heteroatoms. The first-order chi connectivity index (χ1) is 10.9. The van der Waals surface area contributed by atoms with Gasteiger partial charge in [0.1, 0.15) is 23.2 Å². The average Bonchev–Trinajstić information content (AvgIpc) is 2.45. The number of ether oxygens (including phenoxy) is 1. The van der Waals surface area contributed by atoms with Gasteiger partial charge in [-0.2, -0.15) is 0 Å². The highest BCUT2D eigenvalue weighted by atomic mass is 16.5. The molecule has 23 heavy (non-hydrogen) atoms. The fourth-order valence-corrected chi connectivity index (χ4v) is 2.27. The molecule has 0 aliphatic carbocycles. The van der Waals surface area contributed by atoms with E-state index < -0.39 is 0 Å². The Balaban J connectivity index is 1.97. The predicted octanol–water partition coefficient (Wildman–Crippen LogP) is 3.66. The zero-order valence-corrected chi connectivity index (χ0v) is 14.6. The second-order valence-corrected chi connectivity index (χ2v) is 6.59. The van der Waals surface area contributed by atoms with E-state index >= 15 is 0 Å². The van der Waals surface area contributed by atoms with Crippen molar-refractivity contribution in [2.75, 3.05) is 24.3 Å². The van der Waals surface area contributed by atoms with E-state index in [-0.39, 0.29) is 5.54 Å². The van der Waals surface area contributed by atoms with Crippen molar-refractivity contribution in [3.8, 4) is 5.75 Å². The number of benzene rings is 1. The molecule has 0 saturated carbocycles. The van der Waals surface area contributed by atoms with Crippen molar-refractivity contribution in [1.29, 1.82) is 0 Å². The Labute approximate surface area is 138 Å². The molecule has 0 atom stereocenters. The minimum Gasteiger partial charge on any atom is -0.497 e. The Morgan fingerprint density at radius 1 is 1.09 bits per heavy atom. The second kappa shape index (κ2) is 7.31. The maximum atomic E-state index is 5.25. The van der Waals surface area contributed by atoms with Crippen LogP contribution in [-0.2, 0) is 6.42 Å². The van der Waals surface area contributed by atoms with Gasteiger partial charge in [0.25, 0.3) is 0 Å². The molecule has 0 fully saturated rings. The van der Waals surface area contributed by atoms with Crippen LogP contribution in [0.3, 0.4) is 0 Å². The largest absolute Gasteiger partial charge is 0.497 e. The lowest BCUT2D eigenvalue weighted by atomic mass is 10.1. The lowest BCUT2D eigenvalue weighted by molar-refractivity contribution is 0.414. The molecule has 0 radical (unpaired) electrons. The van der Waals surface area contributed by atoms with Crippen LogP contribution in [0.5, 0.6) is 5.75 Å². The molecule has 2 aromatic rings. The number of anilines is 2. The van der Waals surface area contributed by atoms with Crippen LogP contribution in [0.4, 0.5) is 11.6 Å². The van der Waals surface area contributed by atoms with Gasteiger partial charge in [-0.15, -0.1) is 0 Å². The molecule has 2 N–H and O–H groups in total. The molecule has 0 spiro atoms. The number of nitrogens with zero attached hydrogens (tertiary/aromatic N) is 2. The van der Waals surface area contributed by atoms with Gasteiger partial charge in [0.05, 0.1) is 7.11 Å². The molecule has 0 unspecified atom stereocenters. The van der Waals surface area contributed by atoms with Gasteiger partial charge < -0.3 is 15.4 Å². The first-order valence-corrected chi connectivity index (χ1v) is 7.86. The van der Waals surface area contributed by atoms with E-state index in [0.29, 0.717) is 0 Å². The van der Waals surface area contributed by atoms with E-state index in [2.05, 4.69) is 53.5 Å². The maximum absolute atomic E-state index is 5.25. The van der Waals surface area contributed by atoms with Gasteiger partial charge in [-0.25, -0.2) is 9.97 Å². The van der Waals surface area contributed by atoms with Crippen molar-refractivity contribution >= 4 is 11.6 Å². The summed E-state index contributed by atoms with van der Waals surface area (Å²) in [5, 5.41) is 6.74. The summed E-state index contributed by atoms with van der Waals surface area (Å²) in [4.78, 5) is 8.87. The highest BCUT2D eigenvalue weighted by Gasteiger charge is 2.11. The van der Waals surface area contributed by atoms with Crippen LogP contribution in [0.25, 0.3) is 0 Å². The average molecular weight is 314 g/mol. The molecule has 0 aliphatic rings. The zero-order valence-electron chi connectivity index (χ0n) is 14.6. The Morgan fingerprint density at radius 2 is 1.83 bits per heavy atom. The third-order valence-electron chi connectivity index (χ3n) is 3.19. The molecular formula is C18H26N4O. The first-order valence-electron chi connectivity index (χ1n) is 7.86. The van der Waals surface area contributed by atoms with Crippen LogP contribution in [0.1, 0.15) is 32.2 Å². The van der Waals surface area contributed by atoms with Crippen molar-refractivity contribution in [2.24, 2.45) is 0 Å². The summed E-state index contributed by atoms with van der Waals surface area (Å²) in [7, 11) is 1.69. The van der Waals surface area contributed by atoms with Crippen molar-refractivity contribution in [2.45, 2.75) is 39.7 Å². The molecule has 5 nitrogen and oxygen atoms in total. The molecule has 0 saturated heterocycles. The summed E-state index contributed by atoms with van der Waals surface area (Å²) < 4.78 is 5.25. The summed E-state index contributed by atoms with van der Waals surface area (Å²) >= 11 is 0. The van der Waals surface area contributed by atoms with Crippen molar-refractivity contribution < 1.29 is 4.74 Å². The smallest absolute Gasteiger partial charge is 0.132 e. The number of nitrogens with one attached hydrogen (secondary N) is 2. The lowest BCUT2D eigenvalue weighted by Crippen LogP contribution is -2.27. The normalized spacial score (nSPS) is 11.2. The fourth-order valence-electron chi connectivity index (χ4n) is 2.27. The van der Waals surface area contributed by atoms with Crippen LogP contribution < -0.4 is 15.4 Å².